The predicted molar refractivity (Wildman–Crippen MR) is 118 cm³/mol. The Bertz CT molecular complexity index is 545. The van der Waals surface area contributed by atoms with E-state index in [1.54, 1.807) is 6.08 Å². The Morgan fingerprint density at radius 2 is 1.37 bits per heavy atom. The normalized spacial score (nSPS) is 12.9. The molecule has 0 radical (unpaired) electrons. The monoisotopic (exact) mass is 375 g/mol. The summed E-state index contributed by atoms with van der Waals surface area (Å²) in [6.07, 6.45) is 14.2. The van der Waals surface area contributed by atoms with Crippen molar-refractivity contribution in [3.63, 3.8) is 0 Å². The van der Waals surface area contributed by atoms with Gasteiger partial charge in [-0.3, -0.25) is 4.79 Å². The summed E-state index contributed by atoms with van der Waals surface area (Å²) in [5.41, 5.74) is 4.97. The van der Waals surface area contributed by atoms with Crippen LogP contribution in [0.5, 0.6) is 0 Å². The maximum Gasteiger partial charge on any atom is 0.246 e. The van der Waals surface area contributed by atoms with E-state index in [1.165, 1.54) is 11.1 Å². The summed E-state index contributed by atoms with van der Waals surface area (Å²) in [5, 5.41) is 9.57. The van der Waals surface area contributed by atoms with Crippen molar-refractivity contribution in [1.29, 1.82) is 0 Å². The number of likely N-dealkylation sites (N-methyl/N-ethyl adjacent to an activating group) is 1. The highest BCUT2D eigenvalue weighted by Crippen LogP contribution is 2.14. The zero-order valence-electron chi connectivity index (χ0n) is 18.5. The van der Waals surface area contributed by atoms with Crippen LogP contribution in [-0.2, 0) is 4.79 Å². The van der Waals surface area contributed by atoms with Gasteiger partial charge in [-0.05, 0) is 85.6 Å². The number of nitrogens with zero attached hydrogens (tertiary/aromatic N) is 1. The van der Waals surface area contributed by atoms with Crippen molar-refractivity contribution in [3.05, 3.63) is 46.6 Å². The van der Waals surface area contributed by atoms with Gasteiger partial charge in [0.25, 0.3) is 0 Å². The third-order valence-electron chi connectivity index (χ3n) is 4.67. The molecule has 0 saturated carbocycles. The molecule has 0 aromatic heterocycles. The quantitative estimate of drug-likeness (QED) is 0.318. The van der Waals surface area contributed by atoms with E-state index in [0.717, 1.165) is 62.8 Å². The van der Waals surface area contributed by atoms with Crippen LogP contribution in [0.1, 0.15) is 80.1 Å². The number of hydrogen-bond acceptors (Lipinski definition) is 2. The third-order valence-corrected chi connectivity index (χ3v) is 4.67. The summed E-state index contributed by atoms with van der Waals surface area (Å²) in [7, 11) is 0. The van der Waals surface area contributed by atoms with Gasteiger partial charge in [-0.25, -0.2) is 0 Å². The minimum Gasteiger partial charge on any atom is -0.392 e. The first-order valence-corrected chi connectivity index (χ1v) is 10.4. The second kappa shape index (κ2) is 15.4. The van der Waals surface area contributed by atoms with Crippen LogP contribution in [0.4, 0.5) is 0 Å². The van der Waals surface area contributed by atoms with Crippen LogP contribution in [0.25, 0.3) is 0 Å². The van der Waals surface area contributed by atoms with Crippen LogP contribution in [0.3, 0.4) is 0 Å². The van der Waals surface area contributed by atoms with Crippen molar-refractivity contribution in [3.8, 4) is 0 Å². The molecule has 0 spiro atoms. The van der Waals surface area contributed by atoms with Gasteiger partial charge < -0.3 is 10.0 Å². The second-order valence-electron chi connectivity index (χ2n) is 7.47. The highest BCUT2D eigenvalue weighted by Gasteiger charge is 2.06. The number of carbonyl (C=O) groups is 1. The molecule has 0 heterocycles. The van der Waals surface area contributed by atoms with E-state index in [4.69, 9.17) is 0 Å². The van der Waals surface area contributed by atoms with Crippen molar-refractivity contribution in [2.24, 2.45) is 0 Å². The molecule has 1 N–H and O–H groups in total. The number of hydrogen-bond donors (Lipinski definition) is 1. The van der Waals surface area contributed by atoms with Crippen LogP contribution in [0.2, 0.25) is 0 Å². The molecule has 0 aromatic rings. The third kappa shape index (κ3) is 13.2. The van der Waals surface area contributed by atoms with E-state index in [-0.39, 0.29) is 12.5 Å². The Morgan fingerprint density at radius 3 is 1.93 bits per heavy atom. The maximum absolute atomic E-state index is 12.1. The fourth-order valence-corrected chi connectivity index (χ4v) is 2.85. The fourth-order valence-electron chi connectivity index (χ4n) is 2.85. The zero-order chi connectivity index (χ0) is 20.7. The smallest absolute Gasteiger partial charge is 0.246 e. The lowest BCUT2D eigenvalue weighted by Gasteiger charge is -2.16. The Hall–Kier alpha value is -1.61. The zero-order valence-corrected chi connectivity index (χ0v) is 18.5. The lowest BCUT2D eigenvalue weighted by molar-refractivity contribution is -0.125. The van der Waals surface area contributed by atoms with Crippen LogP contribution < -0.4 is 0 Å². The van der Waals surface area contributed by atoms with E-state index in [0.29, 0.717) is 0 Å². The molecule has 0 aliphatic rings. The molecule has 0 aromatic carbocycles. The fraction of sp³-hybridized carbons (Fsp3) is 0.625. The Balaban J connectivity index is 4.39. The number of rotatable bonds is 13. The van der Waals surface area contributed by atoms with E-state index in [2.05, 4.69) is 39.0 Å². The first-order chi connectivity index (χ1) is 12.8. The Labute approximate surface area is 167 Å². The first kappa shape index (κ1) is 25.4. The van der Waals surface area contributed by atoms with Gasteiger partial charge in [-0.15, -0.1) is 0 Å². The molecular weight excluding hydrogens is 334 g/mol. The highest BCUT2D eigenvalue weighted by molar-refractivity contribution is 5.88. The Morgan fingerprint density at radius 1 is 0.815 bits per heavy atom. The summed E-state index contributed by atoms with van der Waals surface area (Å²) < 4.78 is 0. The highest BCUT2D eigenvalue weighted by atomic mass is 16.3. The van der Waals surface area contributed by atoms with Crippen molar-refractivity contribution in [2.75, 3.05) is 19.7 Å². The number of aliphatic hydroxyl groups is 1. The predicted octanol–water partition coefficient (Wildman–Crippen LogP) is 5.97. The van der Waals surface area contributed by atoms with Crippen molar-refractivity contribution in [2.45, 2.75) is 80.1 Å². The van der Waals surface area contributed by atoms with Crippen molar-refractivity contribution in [1.82, 2.24) is 4.90 Å². The van der Waals surface area contributed by atoms with Gasteiger partial charge in [0.15, 0.2) is 0 Å². The number of allylic oxidation sites excluding steroid dienone is 6. The molecule has 0 atom stereocenters. The van der Waals surface area contributed by atoms with E-state index in [9.17, 15) is 9.90 Å². The molecule has 3 heteroatoms. The lowest BCUT2D eigenvalue weighted by Crippen LogP contribution is -2.28. The van der Waals surface area contributed by atoms with Gasteiger partial charge in [-0.2, -0.15) is 0 Å². The van der Waals surface area contributed by atoms with E-state index >= 15 is 0 Å². The van der Waals surface area contributed by atoms with E-state index < -0.39 is 0 Å². The first-order valence-electron chi connectivity index (χ1n) is 10.4. The van der Waals surface area contributed by atoms with Gasteiger partial charge in [0.05, 0.1) is 6.61 Å². The minimum atomic E-state index is 0.0950. The topological polar surface area (TPSA) is 40.5 Å². The average molecular weight is 376 g/mol. The summed E-state index contributed by atoms with van der Waals surface area (Å²) in [6, 6.07) is 0. The van der Waals surface area contributed by atoms with Crippen molar-refractivity contribution >= 4 is 5.91 Å². The molecule has 0 bridgehead atoms. The van der Waals surface area contributed by atoms with Gasteiger partial charge in [0, 0.05) is 19.2 Å². The molecule has 154 valence electrons. The van der Waals surface area contributed by atoms with Gasteiger partial charge in [0.1, 0.15) is 0 Å². The molecule has 0 unspecified atom stereocenters. The van der Waals surface area contributed by atoms with Crippen molar-refractivity contribution < 1.29 is 9.90 Å². The number of aliphatic hydroxyl groups excluding tert-OH is 1. The van der Waals surface area contributed by atoms with Crippen LogP contribution in [-0.4, -0.2) is 35.6 Å². The average Bonchev–Trinajstić information content (AvgIpc) is 2.61. The lowest BCUT2D eigenvalue weighted by atomic mass is 10.0. The van der Waals surface area contributed by atoms with Gasteiger partial charge in [-0.1, -0.05) is 34.9 Å². The SMILES string of the molecule is CCN(CC)C(=O)/C=C(\C)CC/C=C(\CO)CC/C=C(\C)CCC=C(C)C. The number of amides is 1. The summed E-state index contributed by atoms with van der Waals surface area (Å²) in [4.78, 5) is 13.9. The molecule has 0 rings (SSSR count). The second-order valence-corrected chi connectivity index (χ2v) is 7.47. The van der Waals surface area contributed by atoms with Gasteiger partial charge in [0.2, 0.25) is 5.91 Å². The minimum absolute atomic E-state index is 0.0950. The Kier molecular flexibility index (Phi) is 14.5. The summed E-state index contributed by atoms with van der Waals surface area (Å²) in [5.74, 6) is 0.0950. The summed E-state index contributed by atoms with van der Waals surface area (Å²) >= 11 is 0. The molecule has 0 aliphatic heterocycles. The molecule has 27 heavy (non-hydrogen) atoms. The largest absolute Gasteiger partial charge is 0.392 e. The van der Waals surface area contributed by atoms with E-state index in [1.807, 2.05) is 25.7 Å². The van der Waals surface area contributed by atoms with Crippen LogP contribution in [0, 0.1) is 0 Å². The van der Waals surface area contributed by atoms with Crippen LogP contribution in [0.15, 0.2) is 46.6 Å². The molecule has 3 nitrogen and oxygen atoms in total. The maximum atomic E-state index is 12.1. The van der Waals surface area contributed by atoms with Gasteiger partial charge >= 0.3 is 0 Å². The molecule has 0 aliphatic carbocycles. The molecule has 0 fully saturated rings. The molecular formula is C24H41NO2. The molecule has 1 amide bonds. The van der Waals surface area contributed by atoms with Crippen LogP contribution >= 0.6 is 0 Å². The molecule has 0 saturated heterocycles. The summed E-state index contributed by atoms with van der Waals surface area (Å²) in [6.45, 7) is 14.1. The standard InChI is InChI=1S/C24H41NO2/c1-7-25(8-2)24(27)18-22(6)15-11-17-23(19-26)16-10-14-21(5)13-9-12-20(3)4/h12,14,17-18,26H,7-11,13,15-16,19H2,1-6H3/b21-14+,22-18+,23-17-. The number of carbonyl (C=O) groups excluding carboxylic acids is 1.